The average Bonchev–Trinajstić information content (AvgIpc) is 2.56. The van der Waals surface area contributed by atoms with Gasteiger partial charge in [0.15, 0.2) is 0 Å². The van der Waals surface area contributed by atoms with Crippen molar-refractivity contribution in [2.45, 2.75) is 65.7 Å². The highest BCUT2D eigenvalue weighted by molar-refractivity contribution is 5.88. The molecule has 2 rings (SSSR count). The molecule has 0 amide bonds. The molecule has 0 radical (unpaired) electrons. The SMILES string of the molecule is CC(CCO)CCC1(C)C(C)CCC2(CO)C(C(=O)O)=CCCC21. The van der Waals surface area contributed by atoms with Crippen LogP contribution < -0.4 is 0 Å². The van der Waals surface area contributed by atoms with Gasteiger partial charge in [-0.1, -0.05) is 33.3 Å². The van der Waals surface area contributed by atoms with Crippen molar-refractivity contribution < 1.29 is 20.1 Å². The summed E-state index contributed by atoms with van der Waals surface area (Å²) in [6, 6.07) is 0. The van der Waals surface area contributed by atoms with Crippen molar-refractivity contribution in [3.8, 4) is 0 Å². The van der Waals surface area contributed by atoms with Gasteiger partial charge in [-0.2, -0.15) is 0 Å². The highest BCUT2D eigenvalue weighted by atomic mass is 16.4. The van der Waals surface area contributed by atoms with Crippen molar-refractivity contribution in [1.29, 1.82) is 0 Å². The molecule has 4 heteroatoms. The minimum absolute atomic E-state index is 0.0413. The summed E-state index contributed by atoms with van der Waals surface area (Å²) in [7, 11) is 0. The fourth-order valence-corrected chi connectivity index (χ4v) is 5.40. The maximum atomic E-state index is 11.8. The third kappa shape index (κ3) is 3.28. The number of fused-ring (bicyclic) bond motifs is 1. The lowest BCUT2D eigenvalue weighted by Crippen LogP contribution is -2.54. The van der Waals surface area contributed by atoms with Gasteiger partial charge in [-0.3, -0.25) is 0 Å². The second-order valence-corrected chi connectivity index (χ2v) is 8.47. The molecule has 0 aromatic rings. The zero-order chi connectivity index (χ0) is 18.0. The van der Waals surface area contributed by atoms with Crippen LogP contribution in [-0.4, -0.2) is 34.5 Å². The van der Waals surface area contributed by atoms with Crippen molar-refractivity contribution in [1.82, 2.24) is 0 Å². The molecule has 0 bridgehead atoms. The van der Waals surface area contributed by atoms with E-state index in [2.05, 4.69) is 20.8 Å². The zero-order valence-electron chi connectivity index (χ0n) is 15.4. The third-order valence-corrected chi connectivity index (χ3v) is 7.26. The summed E-state index contributed by atoms with van der Waals surface area (Å²) in [4.78, 5) is 11.8. The van der Waals surface area contributed by atoms with E-state index in [1.54, 1.807) is 0 Å². The van der Waals surface area contributed by atoms with Crippen molar-refractivity contribution in [2.75, 3.05) is 13.2 Å². The standard InChI is InChI=1S/C20H34O4/c1-14(9-12-21)7-10-19(3)15(2)8-11-20(13-22)16(18(23)24)5-4-6-17(19)20/h5,14-15,17,21-22H,4,6-13H2,1-3H3,(H,23,24). The Labute approximate surface area is 146 Å². The summed E-state index contributed by atoms with van der Waals surface area (Å²) in [5.41, 5.74) is -0.0895. The number of hydrogen-bond acceptors (Lipinski definition) is 3. The number of rotatable bonds is 7. The molecule has 0 aromatic heterocycles. The van der Waals surface area contributed by atoms with Gasteiger partial charge in [0.25, 0.3) is 0 Å². The first-order valence-electron chi connectivity index (χ1n) is 9.47. The summed E-state index contributed by atoms with van der Waals surface area (Å²) in [5.74, 6) is 0.356. The van der Waals surface area contributed by atoms with Gasteiger partial charge in [0.2, 0.25) is 0 Å². The number of carboxylic acids is 1. The van der Waals surface area contributed by atoms with Crippen LogP contribution in [0.15, 0.2) is 11.6 Å². The summed E-state index contributed by atoms with van der Waals surface area (Å²) in [6.07, 6.45) is 8.25. The Hall–Kier alpha value is -0.870. The van der Waals surface area contributed by atoms with Crippen molar-refractivity contribution >= 4 is 5.97 Å². The van der Waals surface area contributed by atoms with Crippen LogP contribution in [0.2, 0.25) is 0 Å². The molecule has 138 valence electrons. The maximum absolute atomic E-state index is 11.8. The first-order valence-corrected chi connectivity index (χ1v) is 9.47. The second-order valence-electron chi connectivity index (χ2n) is 8.47. The molecule has 0 aromatic carbocycles. The van der Waals surface area contributed by atoms with Crippen molar-refractivity contribution in [2.24, 2.45) is 28.6 Å². The molecule has 1 saturated carbocycles. The molecule has 0 spiro atoms. The Morgan fingerprint density at radius 1 is 1.33 bits per heavy atom. The topological polar surface area (TPSA) is 77.8 Å². The Balaban J connectivity index is 2.31. The number of aliphatic carboxylic acids is 1. The highest BCUT2D eigenvalue weighted by Gasteiger charge is 2.57. The van der Waals surface area contributed by atoms with Crippen molar-refractivity contribution in [3.63, 3.8) is 0 Å². The Kier molecular flexibility index (Phi) is 6.14. The van der Waals surface area contributed by atoms with Crippen LogP contribution in [0.5, 0.6) is 0 Å². The summed E-state index contributed by atoms with van der Waals surface area (Å²) in [5, 5.41) is 29.1. The number of hydrogen-bond donors (Lipinski definition) is 3. The number of carbonyl (C=O) groups is 1. The molecule has 4 nitrogen and oxygen atoms in total. The molecule has 5 atom stereocenters. The minimum Gasteiger partial charge on any atom is -0.478 e. The zero-order valence-corrected chi connectivity index (χ0v) is 15.4. The van der Waals surface area contributed by atoms with E-state index in [9.17, 15) is 15.0 Å². The van der Waals surface area contributed by atoms with Gasteiger partial charge < -0.3 is 15.3 Å². The smallest absolute Gasteiger partial charge is 0.331 e. The van der Waals surface area contributed by atoms with Crippen LogP contribution in [-0.2, 0) is 4.79 Å². The fourth-order valence-electron chi connectivity index (χ4n) is 5.40. The van der Waals surface area contributed by atoms with Gasteiger partial charge in [0.1, 0.15) is 0 Å². The summed E-state index contributed by atoms with van der Waals surface area (Å²) < 4.78 is 0. The number of carboxylic acid groups (broad SMARTS) is 1. The minimum atomic E-state index is -0.862. The quantitative estimate of drug-likeness (QED) is 0.662. The summed E-state index contributed by atoms with van der Waals surface area (Å²) in [6.45, 7) is 6.93. The van der Waals surface area contributed by atoms with E-state index in [0.29, 0.717) is 17.4 Å². The van der Waals surface area contributed by atoms with Gasteiger partial charge >= 0.3 is 5.97 Å². The normalized spacial score (nSPS) is 37.5. The van der Waals surface area contributed by atoms with Gasteiger partial charge in [-0.25, -0.2) is 4.79 Å². The molecular formula is C20H34O4. The summed E-state index contributed by atoms with van der Waals surface area (Å²) >= 11 is 0. The van der Waals surface area contributed by atoms with E-state index < -0.39 is 11.4 Å². The number of aliphatic hydroxyl groups excluding tert-OH is 2. The lowest BCUT2D eigenvalue weighted by atomic mass is 9.46. The third-order valence-electron chi connectivity index (χ3n) is 7.26. The lowest BCUT2D eigenvalue weighted by Gasteiger charge is -2.58. The molecule has 0 saturated heterocycles. The Bertz CT molecular complexity index is 486. The van der Waals surface area contributed by atoms with E-state index in [4.69, 9.17) is 5.11 Å². The van der Waals surface area contributed by atoms with Crippen LogP contribution in [0.3, 0.4) is 0 Å². The van der Waals surface area contributed by atoms with Gasteiger partial charge in [0.05, 0.1) is 6.61 Å². The predicted octanol–water partition coefficient (Wildman–Crippen LogP) is 3.62. The van der Waals surface area contributed by atoms with Crippen LogP contribution >= 0.6 is 0 Å². The van der Waals surface area contributed by atoms with Gasteiger partial charge in [0, 0.05) is 17.6 Å². The van der Waals surface area contributed by atoms with E-state index >= 15 is 0 Å². The molecular weight excluding hydrogens is 304 g/mol. The number of aliphatic hydroxyl groups is 2. The fraction of sp³-hybridized carbons (Fsp3) is 0.850. The molecule has 5 unspecified atom stereocenters. The molecule has 3 N–H and O–H groups in total. The second kappa shape index (κ2) is 7.57. The van der Waals surface area contributed by atoms with Crippen LogP contribution in [0.25, 0.3) is 0 Å². The molecule has 24 heavy (non-hydrogen) atoms. The maximum Gasteiger partial charge on any atom is 0.331 e. The lowest BCUT2D eigenvalue weighted by molar-refractivity contribution is -0.140. The molecule has 2 aliphatic carbocycles. The molecule has 0 aliphatic heterocycles. The molecule has 2 aliphatic rings. The Morgan fingerprint density at radius 3 is 2.62 bits per heavy atom. The van der Waals surface area contributed by atoms with Gasteiger partial charge in [-0.15, -0.1) is 0 Å². The monoisotopic (exact) mass is 338 g/mol. The van der Waals surface area contributed by atoms with E-state index in [0.717, 1.165) is 44.9 Å². The van der Waals surface area contributed by atoms with Gasteiger partial charge in [-0.05, 0) is 61.7 Å². The molecule has 0 heterocycles. The van der Waals surface area contributed by atoms with E-state index in [1.807, 2.05) is 6.08 Å². The first kappa shape index (κ1) is 19.5. The first-order chi connectivity index (χ1) is 11.3. The van der Waals surface area contributed by atoms with Crippen LogP contribution in [0, 0.1) is 28.6 Å². The average molecular weight is 338 g/mol. The van der Waals surface area contributed by atoms with Crippen LogP contribution in [0.4, 0.5) is 0 Å². The number of allylic oxidation sites excluding steroid dienone is 1. The Morgan fingerprint density at radius 2 is 2.04 bits per heavy atom. The van der Waals surface area contributed by atoms with E-state index in [1.165, 1.54) is 0 Å². The molecule has 1 fully saturated rings. The highest BCUT2D eigenvalue weighted by Crippen LogP contribution is 2.62. The largest absolute Gasteiger partial charge is 0.478 e. The van der Waals surface area contributed by atoms with Crippen LogP contribution in [0.1, 0.15) is 65.7 Å². The van der Waals surface area contributed by atoms with Crippen molar-refractivity contribution in [3.05, 3.63) is 11.6 Å². The van der Waals surface area contributed by atoms with E-state index in [-0.39, 0.29) is 24.5 Å². The predicted molar refractivity (Wildman–Crippen MR) is 94.6 cm³/mol.